The first-order valence-electron chi connectivity index (χ1n) is 5.17. The van der Waals surface area contributed by atoms with Gasteiger partial charge in [-0.1, -0.05) is 0 Å². The first-order chi connectivity index (χ1) is 8.04. The van der Waals surface area contributed by atoms with Gasteiger partial charge < -0.3 is 20.0 Å². The summed E-state index contributed by atoms with van der Waals surface area (Å²) in [7, 11) is 3.23. The Labute approximate surface area is 99.6 Å². The van der Waals surface area contributed by atoms with Crippen LogP contribution in [-0.4, -0.2) is 43.2 Å². The summed E-state index contributed by atoms with van der Waals surface area (Å²) in [5.74, 6) is -0.237. The Balaban J connectivity index is 2.83. The van der Waals surface area contributed by atoms with Crippen LogP contribution in [0.15, 0.2) is 18.5 Å². The molecule has 0 saturated carbocycles. The predicted molar refractivity (Wildman–Crippen MR) is 60.2 cm³/mol. The molecule has 6 nitrogen and oxygen atoms in total. The van der Waals surface area contributed by atoms with Crippen LogP contribution in [0.25, 0.3) is 0 Å². The van der Waals surface area contributed by atoms with Gasteiger partial charge >= 0.3 is 0 Å². The third kappa shape index (κ3) is 4.01. The van der Waals surface area contributed by atoms with Crippen LogP contribution in [0.4, 0.5) is 0 Å². The number of aromatic nitrogens is 1. The largest absolute Gasteiger partial charge is 0.619 e. The highest BCUT2D eigenvalue weighted by Crippen LogP contribution is 2.05. The number of hydrogen-bond donors (Lipinski definition) is 1. The van der Waals surface area contributed by atoms with Gasteiger partial charge in [0.15, 0.2) is 12.4 Å². The summed E-state index contributed by atoms with van der Waals surface area (Å²) in [6, 6.07) is 1.61. The highest BCUT2D eigenvalue weighted by molar-refractivity contribution is 5.93. The molecule has 0 radical (unpaired) electrons. The lowest BCUT2D eigenvalue weighted by Crippen LogP contribution is -2.30. The Kier molecular flexibility index (Phi) is 4.86. The quantitative estimate of drug-likeness (QED) is 0.429. The Morgan fingerprint density at radius 2 is 2.24 bits per heavy atom. The number of carbonyl (C=O) groups is 1. The monoisotopic (exact) mass is 240 g/mol. The minimum absolute atomic E-state index is 0.0757. The van der Waals surface area contributed by atoms with Crippen molar-refractivity contribution in [3.8, 4) is 0 Å². The maximum Gasteiger partial charge on any atom is 0.259 e. The lowest BCUT2D eigenvalue weighted by atomic mass is 10.2. The smallest absolute Gasteiger partial charge is 0.259 e. The topological polar surface area (TPSA) is 76.7 Å². The average molecular weight is 240 g/mol. The van der Waals surface area contributed by atoms with Crippen LogP contribution in [0.5, 0.6) is 0 Å². The molecule has 0 fully saturated rings. The van der Waals surface area contributed by atoms with Crippen LogP contribution in [0, 0.1) is 5.21 Å². The maximum atomic E-state index is 11.7. The minimum atomic E-state index is -0.237. The van der Waals surface area contributed by atoms with Crippen molar-refractivity contribution in [3.63, 3.8) is 0 Å². The standard InChI is InChI=1S/C11H16N2O4/c1-12(2)11(15)10-5-9(6-13(16)7-10)8-17-4-3-14/h5-7,14H,3-4,8H2,1-2H3. The van der Waals surface area contributed by atoms with Crippen molar-refractivity contribution in [2.45, 2.75) is 6.61 Å². The molecule has 0 atom stereocenters. The van der Waals surface area contributed by atoms with Crippen molar-refractivity contribution < 1.29 is 19.4 Å². The summed E-state index contributed by atoms with van der Waals surface area (Å²) in [5.41, 5.74) is 0.913. The summed E-state index contributed by atoms with van der Waals surface area (Å²) in [5, 5.41) is 19.9. The molecule has 1 aromatic heterocycles. The van der Waals surface area contributed by atoms with Crippen LogP contribution in [0.1, 0.15) is 15.9 Å². The SMILES string of the molecule is CN(C)C(=O)c1cc(COCCO)c[n+]([O-])c1. The van der Waals surface area contributed by atoms with E-state index in [0.29, 0.717) is 15.9 Å². The molecule has 17 heavy (non-hydrogen) atoms. The van der Waals surface area contributed by atoms with Crippen molar-refractivity contribution in [2.75, 3.05) is 27.3 Å². The summed E-state index contributed by atoms with van der Waals surface area (Å²) >= 11 is 0. The van der Waals surface area contributed by atoms with Gasteiger partial charge in [-0.2, -0.15) is 4.73 Å². The molecule has 1 amide bonds. The van der Waals surface area contributed by atoms with Gasteiger partial charge in [0.25, 0.3) is 5.91 Å². The van der Waals surface area contributed by atoms with E-state index in [4.69, 9.17) is 9.84 Å². The summed E-state index contributed by atoms with van der Waals surface area (Å²) in [6.07, 6.45) is 2.56. The first-order valence-corrected chi connectivity index (χ1v) is 5.17. The Hall–Kier alpha value is -1.66. The second kappa shape index (κ2) is 6.17. The van der Waals surface area contributed by atoms with E-state index in [9.17, 15) is 10.0 Å². The zero-order valence-electron chi connectivity index (χ0n) is 9.92. The Bertz CT molecular complexity index is 393. The van der Waals surface area contributed by atoms with Crippen LogP contribution < -0.4 is 4.73 Å². The molecule has 0 unspecified atom stereocenters. The third-order valence-electron chi connectivity index (χ3n) is 2.06. The number of hydrogen-bond acceptors (Lipinski definition) is 4. The summed E-state index contributed by atoms with van der Waals surface area (Å²) in [6.45, 7) is 0.315. The van der Waals surface area contributed by atoms with Crippen molar-refractivity contribution >= 4 is 5.91 Å². The van der Waals surface area contributed by atoms with Gasteiger partial charge in [0.05, 0.1) is 19.8 Å². The molecule has 1 heterocycles. The van der Waals surface area contributed by atoms with E-state index in [1.54, 1.807) is 20.2 Å². The number of rotatable bonds is 5. The number of pyridine rings is 1. The second-order valence-electron chi connectivity index (χ2n) is 3.77. The molecule has 0 saturated heterocycles. The zero-order chi connectivity index (χ0) is 12.8. The van der Waals surface area contributed by atoms with Crippen molar-refractivity contribution in [3.05, 3.63) is 34.8 Å². The first kappa shape index (κ1) is 13.4. The molecule has 0 aromatic carbocycles. The van der Waals surface area contributed by atoms with Crippen LogP contribution >= 0.6 is 0 Å². The molecule has 0 aliphatic rings. The van der Waals surface area contributed by atoms with E-state index in [-0.39, 0.29) is 25.7 Å². The van der Waals surface area contributed by atoms with E-state index >= 15 is 0 Å². The highest BCUT2D eigenvalue weighted by atomic mass is 16.5. The maximum absolute atomic E-state index is 11.7. The van der Waals surface area contributed by atoms with E-state index in [1.165, 1.54) is 17.3 Å². The fraction of sp³-hybridized carbons (Fsp3) is 0.455. The van der Waals surface area contributed by atoms with E-state index in [2.05, 4.69) is 0 Å². The number of amides is 1. The Morgan fingerprint density at radius 3 is 2.82 bits per heavy atom. The number of aliphatic hydroxyl groups excluding tert-OH is 1. The van der Waals surface area contributed by atoms with Gasteiger partial charge in [0.2, 0.25) is 0 Å². The molecule has 1 aromatic rings. The molecule has 94 valence electrons. The van der Waals surface area contributed by atoms with Gasteiger partial charge in [-0.05, 0) is 6.07 Å². The molecule has 0 aliphatic carbocycles. The summed E-state index contributed by atoms with van der Waals surface area (Å²) < 4.78 is 5.67. The lowest BCUT2D eigenvalue weighted by Gasteiger charge is -2.10. The van der Waals surface area contributed by atoms with Crippen molar-refractivity contribution in [1.29, 1.82) is 0 Å². The molecule has 0 aliphatic heterocycles. The van der Waals surface area contributed by atoms with Crippen LogP contribution in [0.3, 0.4) is 0 Å². The predicted octanol–water partition coefficient (Wildman–Crippen LogP) is -0.469. The minimum Gasteiger partial charge on any atom is -0.619 e. The van der Waals surface area contributed by atoms with Crippen LogP contribution in [0.2, 0.25) is 0 Å². The van der Waals surface area contributed by atoms with Gasteiger partial charge in [-0.3, -0.25) is 4.79 Å². The molecule has 1 N–H and O–H groups in total. The fourth-order valence-electron chi connectivity index (χ4n) is 1.32. The van der Waals surface area contributed by atoms with E-state index in [1.807, 2.05) is 0 Å². The molecule has 6 heteroatoms. The number of aliphatic hydroxyl groups is 1. The number of nitrogens with zero attached hydrogens (tertiary/aromatic N) is 2. The summed E-state index contributed by atoms with van der Waals surface area (Å²) in [4.78, 5) is 13.1. The molecule has 0 spiro atoms. The van der Waals surface area contributed by atoms with Gasteiger partial charge in [-0.15, -0.1) is 0 Å². The van der Waals surface area contributed by atoms with E-state index < -0.39 is 0 Å². The molecule has 1 rings (SSSR count). The fourth-order valence-corrected chi connectivity index (χ4v) is 1.32. The molecular formula is C11H16N2O4. The normalized spacial score (nSPS) is 10.3. The van der Waals surface area contributed by atoms with Crippen molar-refractivity contribution in [2.24, 2.45) is 0 Å². The van der Waals surface area contributed by atoms with Crippen molar-refractivity contribution in [1.82, 2.24) is 4.90 Å². The Morgan fingerprint density at radius 1 is 1.53 bits per heavy atom. The van der Waals surface area contributed by atoms with Gasteiger partial charge in [0.1, 0.15) is 5.56 Å². The number of ether oxygens (including phenoxy) is 1. The second-order valence-corrected chi connectivity index (χ2v) is 3.77. The van der Waals surface area contributed by atoms with Crippen LogP contribution in [-0.2, 0) is 11.3 Å². The molecular weight excluding hydrogens is 224 g/mol. The average Bonchev–Trinajstić information content (AvgIpc) is 2.27. The number of carbonyl (C=O) groups excluding carboxylic acids is 1. The zero-order valence-corrected chi connectivity index (χ0v) is 9.92. The third-order valence-corrected chi connectivity index (χ3v) is 2.06. The van der Waals surface area contributed by atoms with Gasteiger partial charge in [-0.25, -0.2) is 0 Å². The molecule has 0 bridgehead atoms. The van der Waals surface area contributed by atoms with E-state index in [0.717, 1.165) is 0 Å². The highest BCUT2D eigenvalue weighted by Gasteiger charge is 2.13. The lowest BCUT2D eigenvalue weighted by molar-refractivity contribution is -0.606. The van der Waals surface area contributed by atoms with Gasteiger partial charge in [0, 0.05) is 19.7 Å².